The fourth-order valence-electron chi connectivity index (χ4n) is 1.13. The van der Waals surface area contributed by atoms with Gasteiger partial charge in [0, 0.05) is 6.04 Å². The van der Waals surface area contributed by atoms with Gasteiger partial charge in [-0.2, -0.15) is 4.98 Å². The van der Waals surface area contributed by atoms with E-state index in [0.29, 0.717) is 11.9 Å². The average Bonchev–Trinajstić information content (AvgIpc) is 2.03. The Kier molecular flexibility index (Phi) is 2.51. The number of nitrogens with one attached hydrogen (secondary N) is 1. The van der Waals surface area contributed by atoms with Gasteiger partial charge in [0.15, 0.2) is 11.0 Å². The van der Waals surface area contributed by atoms with Crippen molar-refractivity contribution in [3.63, 3.8) is 0 Å². The molecular weight excluding hydrogens is 211 g/mol. The highest BCUT2D eigenvalue weighted by Gasteiger charge is 2.19. The van der Waals surface area contributed by atoms with Gasteiger partial charge in [-0.05, 0) is 30.9 Å². The quantitative estimate of drug-likeness (QED) is 0.827. The molecule has 0 bridgehead atoms. The fraction of sp³-hybridized carbons (Fsp3) is 0.571. The summed E-state index contributed by atoms with van der Waals surface area (Å²) in [5.74, 6) is 0.534. The van der Waals surface area contributed by atoms with Crippen LogP contribution >= 0.6 is 23.2 Å². The molecule has 1 aromatic rings. The van der Waals surface area contributed by atoms with Crippen LogP contribution < -0.4 is 5.32 Å². The summed E-state index contributed by atoms with van der Waals surface area (Å²) in [6.45, 7) is 0. The molecule has 0 aliphatic heterocycles. The highest BCUT2D eigenvalue weighted by molar-refractivity contribution is 6.32. The van der Waals surface area contributed by atoms with Crippen LogP contribution in [0.3, 0.4) is 0 Å². The van der Waals surface area contributed by atoms with Gasteiger partial charge in [0.25, 0.3) is 0 Å². The monoisotopic (exact) mass is 218 g/mol. The van der Waals surface area contributed by atoms with Crippen molar-refractivity contribution in [3.8, 4) is 0 Å². The number of hydrogen-bond donors (Lipinski definition) is 1. The summed E-state index contributed by atoms with van der Waals surface area (Å²) in [6.07, 6.45) is 3.55. The van der Waals surface area contributed by atoms with Crippen molar-refractivity contribution in [2.24, 2.45) is 0 Å². The maximum atomic E-state index is 5.76. The van der Waals surface area contributed by atoms with Crippen LogP contribution in [-0.4, -0.2) is 21.2 Å². The van der Waals surface area contributed by atoms with E-state index >= 15 is 0 Å². The summed E-state index contributed by atoms with van der Waals surface area (Å²) in [6, 6.07) is 0.463. The van der Waals surface area contributed by atoms with Gasteiger partial charge in [0.2, 0.25) is 5.28 Å². The van der Waals surface area contributed by atoms with E-state index < -0.39 is 0 Å². The number of nitrogens with zero attached hydrogens (tertiary/aromatic N) is 3. The van der Waals surface area contributed by atoms with Gasteiger partial charge in [-0.25, -0.2) is 0 Å². The lowest BCUT2D eigenvalue weighted by molar-refractivity contribution is 0.444. The van der Waals surface area contributed by atoms with E-state index in [1.807, 2.05) is 0 Å². The summed E-state index contributed by atoms with van der Waals surface area (Å²) >= 11 is 11.3. The molecule has 0 spiro atoms. The van der Waals surface area contributed by atoms with E-state index in [-0.39, 0.29) is 10.4 Å². The van der Waals surface area contributed by atoms with Gasteiger partial charge in [0.1, 0.15) is 0 Å². The molecule has 0 saturated heterocycles. The van der Waals surface area contributed by atoms with E-state index in [0.717, 1.165) is 12.8 Å². The second-order valence-corrected chi connectivity index (χ2v) is 3.69. The molecule has 1 aliphatic rings. The number of hydrogen-bond acceptors (Lipinski definition) is 4. The zero-order chi connectivity index (χ0) is 9.26. The second kappa shape index (κ2) is 3.64. The molecule has 13 heavy (non-hydrogen) atoms. The Morgan fingerprint density at radius 2 is 2.00 bits per heavy atom. The molecule has 0 atom stereocenters. The van der Waals surface area contributed by atoms with E-state index in [2.05, 4.69) is 20.5 Å². The zero-order valence-corrected chi connectivity index (χ0v) is 8.31. The molecule has 1 fully saturated rings. The molecule has 1 aliphatic carbocycles. The molecule has 1 saturated carbocycles. The van der Waals surface area contributed by atoms with Crippen LogP contribution in [0.2, 0.25) is 10.4 Å². The standard InChI is InChI=1S/C7H8Cl2N4/c8-5-6(10-4-2-1-3-4)11-7(9)13-12-5/h4H,1-3H2,(H,10,11,13). The Balaban J connectivity index is 2.13. The van der Waals surface area contributed by atoms with Gasteiger partial charge >= 0.3 is 0 Å². The number of halogens is 2. The molecule has 70 valence electrons. The molecule has 0 amide bonds. The summed E-state index contributed by atoms with van der Waals surface area (Å²) in [4.78, 5) is 3.94. The Morgan fingerprint density at radius 1 is 1.23 bits per heavy atom. The Bertz CT molecular complexity index is 313. The molecule has 1 aromatic heterocycles. The van der Waals surface area contributed by atoms with Crippen LogP contribution in [0.4, 0.5) is 5.82 Å². The van der Waals surface area contributed by atoms with Crippen molar-refractivity contribution in [2.75, 3.05) is 5.32 Å². The Morgan fingerprint density at radius 3 is 2.62 bits per heavy atom. The molecule has 0 radical (unpaired) electrons. The Hall–Kier alpha value is -0.610. The third-order valence-corrected chi connectivity index (χ3v) is 2.48. The van der Waals surface area contributed by atoms with Crippen molar-refractivity contribution >= 4 is 29.0 Å². The van der Waals surface area contributed by atoms with Crippen molar-refractivity contribution in [1.29, 1.82) is 0 Å². The normalized spacial score (nSPS) is 16.8. The zero-order valence-electron chi connectivity index (χ0n) is 6.80. The van der Waals surface area contributed by atoms with Crippen LogP contribution in [0.25, 0.3) is 0 Å². The smallest absolute Gasteiger partial charge is 0.245 e. The first-order chi connectivity index (χ1) is 6.25. The van der Waals surface area contributed by atoms with E-state index in [4.69, 9.17) is 23.2 Å². The van der Waals surface area contributed by atoms with E-state index in [9.17, 15) is 0 Å². The third-order valence-electron chi connectivity index (χ3n) is 2.07. The van der Waals surface area contributed by atoms with Crippen LogP contribution in [0.1, 0.15) is 19.3 Å². The molecule has 1 heterocycles. The highest BCUT2D eigenvalue weighted by Crippen LogP contribution is 2.25. The Labute approximate surface area is 85.7 Å². The van der Waals surface area contributed by atoms with Crippen molar-refractivity contribution in [3.05, 3.63) is 10.4 Å². The molecular formula is C7H8Cl2N4. The second-order valence-electron chi connectivity index (χ2n) is 2.99. The maximum Gasteiger partial charge on any atom is 0.245 e. The number of anilines is 1. The minimum atomic E-state index is 0.117. The molecule has 0 unspecified atom stereocenters. The third kappa shape index (κ3) is 2.00. The number of rotatable bonds is 2. The van der Waals surface area contributed by atoms with E-state index in [1.54, 1.807) is 0 Å². The summed E-state index contributed by atoms with van der Waals surface area (Å²) in [5, 5.41) is 10.7. The van der Waals surface area contributed by atoms with Crippen LogP contribution in [0, 0.1) is 0 Å². The van der Waals surface area contributed by atoms with Crippen LogP contribution in [0.15, 0.2) is 0 Å². The summed E-state index contributed by atoms with van der Waals surface area (Å²) < 4.78 is 0. The van der Waals surface area contributed by atoms with Crippen molar-refractivity contribution < 1.29 is 0 Å². The first-order valence-electron chi connectivity index (χ1n) is 4.08. The molecule has 0 aromatic carbocycles. The SMILES string of the molecule is Clc1nnc(Cl)c(NC2CCC2)n1. The lowest BCUT2D eigenvalue weighted by Crippen LogP contribution is -2.27. The summed E-state index contributed by atoms with van der Waals surface area (Å²) in [7, 11) is 0. The van der Waals surface area contributed by atoms with Gasteiger partial charge in [-0.15, -0.1) is 10.2 Å². The molecule has 6 heteroatoms. The molecule has 4 nitrogen and oxygen atoms in total. The van der Waals surface area contributed by atoms with Crippen molar-refractivity contribution in [1.82, 2.24) is 15.2 Å². The predicted molar refractivity (Wildman–Crippen MR) is 51.1 cm³/mol. The average molecular weight is 219 g/mol. The maximum absolute atomic E-state index is 5.76. The van der Waals surface area contributed by atoms with Crippen molar-refractivity contribution in [2.45, 2.75) is 25.3 Å². The minimum absolute atomic E-state index is 0.117. The largest absolute Gasteiger partial charge is 0.365 e. The first-order valence-corrected chi connectivity index (χ1v) is 4.83. The lowest BCUT2D eigenvalue weighted by atomic mass is 9.93. The molecule has 2 rings (SSSR count). The first kappa shape index (κ1) is 8.97. The van der Waals surface area contributed by atoms with Gasteiger partial charge in [-0.3, -0.25) is 0 Å². The topological polar surface area (TPSA) is 50.7 Å². The van der Waals surface area contributed by atoms with Crippen LogP contribution in [-0.2, 0) is 0 Å². The number of aromatic nitrogens is 3. The predicted octanol–water partition coefficient (Wildman–Crippen LogP) is 2.14. The highest BCUT2D eigenvalue weighted by atomic mass is 35.5. The van der Waals surface area contributed by atoms with Gasteiger partial charge in [-0.1, -0.05) is 11.6 Å². The van der Waals surface area contributed by atoms with Crippen LogP contribution in [0.5, 0.6) is 0 Å². The van der Waals surface area contributed by atoms with Gasteiger partial charge in [0.05, 0.1) is 0 Å². The lowest BCUT2D eigenvalue weighted by Gasteiger charge is -2.26. The van der Waals surface area contributed by atoms with E-state index in [1.165, 1.54) is 6.42 Å². The fourth-order valence-corrected chi connectivity index (χ4v) is 1.39. The molecule has 1 N–H and O–H groups in total. The van der Waals surface area contributed by atoms with Gasteiger partial charge < -0.3 is 5.32 Å². The minimum Gasteiger partial charge on any atom is -0.365 e. The summed E-state index contributed by atoms with van der Waals surface area (Å²) in [5.41, 5.74) is 0.